The molecule has 36 heavy (non-hydrogen) atoms. The zero-order chi connectivity index (χ0) is 26.4. The second-order valence-corrected chi connectivity index (χ2v) is 8.64. The molecule has 1 aromatic carbocycles. The van der Waals surface area contributed by atoms with Crippen LogP contribution in [0.2, 0.25) is 0 Å². The first-order valence-corrected chi connectivity index (χ1v) is 11.4. The van der Waals surface area contributed by atoms with Gasteiger partial charge in [-0.3, -0.25) is 19.4 Å². The Labute approximate surface area is 206 Å². The fraction of sp³-hybridized carbons (Fsp3) is 0.458. The molecule has 1 aromatic heterocycles. The number of hydrogen-bond acceptors (Lipinski definition) is 6. The fourth-order valence-electron chi connectivity index (χ4n) is 4.02. The first kappa shape index (κ1) is 27.3. The molecule has 2 aliphatic heterocycles. The Morgan fingerprint density at radius 3 is 2.61 bits per heavy atom. The van der Waals surface area contributed by atoms with Crippen LogP contribution in [-0.4, -0.2) is 66.7 Å². The van der Waals surface area contributed by atoms with Crippen molar-refractivity contribution < 1.29 is 36.6 Å². The largest absolute Gasteiger partial charge is 0.432 e. The molecule has 3 atom stereocenters. The monoisotopic (exact) mass is 512 g/mol. The highest BCUT2D eigenvalue weighted by Gasteiger charge is 2.31. The number of piperazine rings is 1. The van der Waals surface area contributed by atoms with Gasteiger partial charge in [-0.25, -0.2) is 9.37 Å². The minimum Gasteiger partial charge on any atom is -0.432 e. The second-order valence-electron chi connectivity index (χ2n) is 8.64. The molecule has 0 aliphatic carbocycles. The Kier molecular flexibility index (Phi) is 9.21. The predicted molar refractivity (Wildman–Crippen MR) is 124 cm³/mol. The maximum atomic E-state index is 12.5. The lowest BCUT2D eigenvalue weighted by atomic mass is 10.2. The summed E-state index contributed by atoms with van der Waals surface area (Å²) >= 11 is 0. The minimum atomic E-state index is -3.15. The van der Waals surface area contributed by atoms with Gasteiger partial charge >= 0.3 is 6.61 Å². The lowest BCUT2D eigenvalue weighted by Gasteiger charge is -2.37. The second kappa shape index (κ2) is 12.1. The van der Waals surface area contributed by atoms with Crippen molar-refractivity contribution in [3.8, 4) is 5.75 Å². The maximum Gasteiger partial charge on any atom is 0.387 e. The zero-order valence-electron chi connectivity index (χ0n) is 20.1. The van der Waals surface area contributed by atoms with E-state index in [1.807, 2.05) is 25.8 Å². The van der Waals surface area contributed by atoms with Gasteiger partial charge in [0, 0.05) is 30.5 Å². The molecule has 4 rings (SSSR count). The number of rotatable bonds is 5. The van der Waals surface area contributed by atoms with Crippen molar-refractivity contribution in [3.05, 3.63) is 48.2 Å². The molecule has 2 aliphatic rings. The molecule has 1 N–H and O–H groups in total. The Morgan fingerprint density at radius 2 is 1.97 bits per heavy atom. The van der Waals surface area contributed by atoms with E-state index >= 15 is 0 Å². The van der Waals surface area contributed by atoms with Crippen molar-refractivity contribution in [3.63, 3.8) is 0 Å². The number of pyridine rings is 1. The molecule has 0 radical (unpaired) electrons. The molecule has 0 saturated carbocycles. The summed E-state index contributed by atoms with van der Waals surface area (Å²) in [5.41, 5.74) is 0.632. The van der Waals surface area contributed by atoms with Gasteiger partial charge in [0.05, 0.1) is 12.6 Å². The zero-order valence-corrected chi connectivity index (χ0v) is 20.1. The average Bonchev–Trinajstić information content (AvgIpc) is 3.23. The summed E-state index contributed by atoms with van der Waals surface area (Å²) < 4.78 is 57.2. The molecular weight excluding hydrogens is 484 g/mol. The van der Waals surface area contributed by atoms with E-state index in [-0.39, 0.29) is 24.0 Å². The Bertz CT molecular complexity index is 1070. The number of likely N-dealkylation sites (N-methyl/N-ethyl adjacent to an activating group) is 1. The number of aromatic nitrogens is 1. The number of anilines is 2. The number of ether oxygens (including phenoxy) is 2. The van der Waals surface area contributed by atoms with Gasteiger partial charge in [-0.1, -0.05) is 6.07 Å². The lowest BCUT2D eigenvalue weighted by Crippen LogP contribution is -2.54. The average molecular weight is 513 g/mol. The number of nitrogens with one attached hydrogen (secondary N) is 1. The summed E-state index contributed by atoms with van der Waals surface area (Å²) in [7, 11) is 1.93. The van der Waals surface area contributed by atoms with Gasteiger partial charge in [0.25, 0.3) is 5.91 Å². The van der Waals surface area contributed by atoms with Crippen LogP contribution in [0.5, 0.6) is 5.75 Å². The molecule has 0 spiro atoms. The number of halogens is 4. The van der Waals surface area contributed by atoms with Crippen molar-refractivity contribution >= 4 is 23.3 Å². The number of benzene rings is 1. The highest BCUT2D eigenvalue weighted by atomic mass is 19.3. The van der Waals surface area contributed by atoms with Gasteiger partial charge in [-0.05, 0) is 51.9 Å². The van der Waals surface area contributed by atoms with Crippen molar-refractivity contribution in [2.24, 2.45) is 0 Å². The molecule has 2 amide bonds. The third-order valence-electron chi connectivity index (χ3n) is 5.61. The van der Waals surface area contributed by atoms with Crippen LogP contribution in [0, 0.1) is 11.6 Å². The molecular formula is C24H28F4N4O4. The van der Waals surface area contributed by atoms with Gasteiger partial charge in [-0.15, -0.1) is 0 Å². The molecule has 2 fully saturated rings. The summed E-state index contributed by atoms with van der Waals surface area (Å²) in [4.78, 5) is 32.6. The highest BCUT2D eigenvalue weighted by molar-refractivity contribution is 5.97. The van der Waals surface area contributed by atoms with Crippen LogP contribution in [0.4, 0.5) is 29.1 Å². The Morgan fingerprint density at radius 1 is 1.22 bits per heavy atom. The minimum absolute atomic E-state index is 0.0141. The van der Waals surface area contributed by atoms with Crippen molar-refractivity contribution in [2.75, 3.05) is 30.4 Å². The lowest BCUT2D eigenvalue weighted by molar-refractivity contribution is -0.126. The van der Waals surface area contributed by atoms with Crippen molar-refractivity contribution in [1.29, 1.82) is 0 Å². The van der Waals surface area contributed by atoms with E-state index in [1.165, 1.54) is 0 Å². The van der Waals surface area contributed by atoms with Crippen LogP contribution < -0.4 is 15.0 Å². The van der Waals surface area contributed by atoms with Crippen LogP contribution >= 0.6 is 0 Å². The van der Waals surface area contributed by atoms with Gasteiger partial charge in [-0.2, -0.15) is 13.2 Å². The Balaban J connectivity index is 0.000000253. The van der Waals surface area contributed by atoms with Gasteiger partial charge in [0.15, 0.2) is 11.6 Å². The van der Waals surface area contributed by atoms with E-state index < -0.39 is 30.1 Å². The summed E-state index contributed by atoms with van der Waals surface area (Å²) in [6, 6.07) is 6.32. The number of nitrogens with zero attached hydrogens (tertiary/aromatic N) is 3. The van der Waals surface area contributed by atoms with Gasteiger partial charge in [0.2, 0.25) is 11.7 Å². The molecule has 12 heteroatoms. The van der Waals surface area contributed by atoms with Crippen LogP contribution in [0.3, 0.4) is 0 Å². The molecule has 2 saturated heterocycles. The fourth-order valence-corrected chi connectivity index (χ4v) is 4.02. The van der Waals surface area contributed by atoms with Crippen LogP contribution in [0.15, 0.2) is 36.5 Å². The van der Waals surface area contributed by atoms with E-state index in [0.717, 1.165) is 37.6 Å². The topological polar surface area (TPSA) is 84.0 Å². The first-order valence-electron chi connectivity index (χ1n) is 11.4. The summed E-state index contributed by atoms with van der Waals surface area (Å²) in [5, 5.41) is 2.87. The van der Waals surface area contributed by atoms with Gasteiger partial charge < -0.3 is 14.8 Å². The van der Waals surface area contributed by atoms with E-state index in [2.05, 4.69) is 15.0 Å². The van der Waals surface area contributed by atoms with E-state index in [4.69, 9.17) is 4.74 Å². The third kappa shape index (κ3) is 7.14. The molecule has 2 aromatic rings. The number of alkyl halides is 2. The van der Waals surface area contributed by atoms with Crippen LogP contribution in [0.1, 0.15) is 26.7 Å². The van der Waals surface area contributed by atoms with Crippen molar-refractivity contribution in [2.45, 2.75) is 51.6 Å². The maximum absolute atomic E-state index is 12.5. The van der Waals surface area contributed by atoms with Gasteiger partial charge in [0.1, 0.15) is 11.9 Å². The summed E-state index contributed by atoms with van der Waals surface area (Å²) in [5.74, 6) is -2.97. The molecule has 3 heterocycles. The smallest absolute Gasteiger partial charge is 0.387 e. The molecule has 3 unspecified atom stereocenters. The standard InChI is InChI=1S/C17H24N4O3.C7H4F4O/c1-11-9-20(3)10-16(22)21(11)15-8-13(6-7-18-15)19-17(23)14-5-4-12(2)24-14;8-4-2-1-3-5(6(4)9)12-7(10)11/h6-8,11-12,14H,4-5,9-10H2,1-3H3,(H,18,19,23);1-3,7H. The molecule has 8 nitrogen and oxygen atoms in total. The first-order chi connectivity index (χ1) is 17.0. The molecule has 0 bridgehead atoms. The van der Waals surface area contributed by atoms with E-state index in [9.17, 15) is 27.2 Å². The normalized spacial score (nSPS) is 22.3. The van der Waals surface area contributed by atoms with Crippen LogP contribution in [-0.2, 0) is 14.3 Å². The number of amides is 2. The summed E-state index contributed by atoms with van der Waals surface area (Å²) in [6.45, 7) is 1.97. The number of hydrogen-bond donors (Lipinski definition) is 1. The highest BCUT2D eigenvalue weighted by Crippen LogP contribution is 2.24. The van der Waals surface area contributed by atoms with E-state index in [0.29, 0.717) is 18.1 Å². The Hall–Kier alpha value is -3.25. The number of carbonyl (C=O) groups is 2. The third-order valence-corrected chi connectivity index (χ3v) is 5.61. The molecule has 196 valence electrons. The predicted octanol–water partition coefficient (Wildman–Crippen LogP) is 3.82. The van der Waals surface area contributed by atoms with Crippen LogP contribution in [0.25, 0.3) is 0 Å². The van der Waals surface area contributed by atoms with Crippen molar-refractivity contribution in [1.82, 2.24) is 9.88 Å². The SMILES string of the molecule is CC1CCC(C(=O)Nc2ccnc(N3C(=O)CN(C)CC3C)c2)O1.Fc1cccc(OC(F)F)c1F. The quantitative estimate of drug-likeness (QED) is 0.614. The summed E-state index contributed by atoms with van der Waals surface area (Å²) in [6.07, 6.45) is 2.96. The van der Waals surface area contributed by atoms with E-state index in [1.54, 1.807) is 23.2 Å². The number of carbonyl (C=O) groups excluding carboxylic acids is 2.